The highest BCUT2D eigenvalue weighted by atomic mass is 16.5. The Labute approximate surface area is 99.0 Å². The first-order valence-corrected chi connectivity index (χ1v) is 6.04. The Morgan fingerprint density at radius 2 is 1.94 bits per heavy atom. The lowest BCUT2D eigenvalue weighted by molar-refractivity contribution is 0.124. The van der Waals surface area contributed by atoms with Gasteiger partial charge in [-0.25, -0.2) is 0 Å². The van der Waals surface area contributed by atoms with Gasteiger partial charge >= 0.3 is 0 Å². The normalized spacial score (nSPS) is 14.8. The molecule has 90 valence electrons. The van der Waals surface area contributed by atoms with Crippen LogP contribution in [0.3, 0.4) is 0 Å². The van der Waals surface area contributed by atoms with E-state index in [2.05, 4.69) is 50.4 Å². The summed E-state index contributed by atoms with van der Waals surface area (Å²) in [4.78, 5) is 0. The molecule has 1 aromatic rings. The molecule has 0 saturated carbocycles. The molecule has 1 N–H and O–H groups in total. The molecule has 0 amide bonds. The van der Waals surface area contributed by atoms with Crippen molar-refractivity contribution in [2.45, 2.75) is 39.8 Å². The van der Waals surface area contributed by atoms with E-state index in [0.29, 0.717) is 12.1 Å². The summed E-state index contributed by atoms with van der Waals surface area (Å²) in [5.74, 6) is 0. The smallest absolute Gasteiger partial charge is 0.0616 e. The topological polar surface area (TPSA) is 21.3 Å². The Morgan fingerprint density at radius 1 is 1.25 bits per heavy atom. The van der Waals surface area contributed by atoms with Gasteiger partial charge in [-0.1, -0.05) is 24.3 Å². The van der Waals surface area contributed by atoms with Crippen LogP contribution in [0, 0.1) is 6.92 Å². The highest BCUT2D eigenvalue weighted by Gasteiger charge is 2.10. The standard InChI is InChI=1S/C14H23NO/c1-5-16-10-12(3)15-13(4)14-9-7-6-8-11(14)2/h6-9,12-13,15H,5,10H2,1-4H3. The third-order valence-electron chi connectivity index (χ3n) is 2.76. The fourth-order valence-corrected chi connectivity index (χ4v) is 1.93. The van der Waals surface area contributed by atoms with Gasteiger partial charge in [-0.05, 0) is 38.8 Å². The first kappa shape index (κ1) is 13.2. The molecule has 0 aliphatic rings. The van der Waals surface area contributed by atoms with Crippen LogP contribution in [-0.4, -0.2) is 19.3 Å². The minimum absolute atomic E-state index is 0.372. The molecular weight excluding hydrogens is 198 g/mol. The van der Waals surface area contributed by atoms with Crippen molar-refractivity contribution in [2.75, 3.05) is 13.2 Å². The van der Waals surface area contributed by atoms with Gasteiger partial charge in [0.25, 0.3) is 0 Å². The third-order valence-corrected chi connectivity index (χ3v) is 2.76. The molecule has 0 spiro atoms. The average Bonchev–Trinajstić information content (AvgIpc) is 2.26. The van der Waals surface area contributed by atoms with E-state index in [-0.39, 0.29) is 0 Å². The summed E-state index contributed by atoms with van der Waals surface area (Å²) < 4.78 is 5.40. The maximum atomic E-state index is 5.40. The fourth-order valence-electron chi connectivity index (χ4n) is 1.93. The number of nitrogens with one attached hydrogen (secondary N) is 1. The summed E-state index contributed by atoms with van der Waals surface area (Å²) in [6, 6.07) is 9.26. The minimum Gasteiger partial charge on any atom is -0.380 e. The van der Waals surface area contributed by atoms with Crippen molar-refractivity contribution in [1.29, 1.82) is 0 Å². The number of rotatable bonds is 6. The molecule has 0 aromatic heterocycles. The monoisotopic (exact) mass is 221 g/mol. The molecule has 1 rings (SSSR count). The van der Waals surface area contributed by atoms with Crippen LogP contribution >= 0.6 is 0 Å². The lowest BCUT2D eigenvalue weighted by Crippen LogP contribution is -2.33. The molecule has 1 aromatic carbocycles. The lowest BCUT2D eigenvalue weighted by atomic mass is 10.0. The van der Waals surface area contributed by atoms with Crippen LogP contribution in [0.2, 0.25) is 0 Å². The van der Waals surface area contributed by atoms with Crippen LogP contribution in [0.1, 0.15) is 37.9 Å². The van der Waals surface area contributed by atoms with Crippen LogP contribution in [0.25, 0.3) is 0 Å². The summed E-state index contributed by atoms with van der Waals surface area (Å²) in [5, 5.41) is 3.55. The molecule has 2 unspecified atom stereocenters. The van der Waals surface area contributed by atoms with Crippen molar-refractivity contribution in [1.82, 2.24) is 5.32 Å². The van der Waals surface area contributed by atoms with E-state index in [1.807, 2.05) is 6.92 Å². The summed E-state index contributed by atoms with van der Waals surface area (Å²) in [5.41, 5.74) is 2.71. The van der Waals surface area contributed by atoms with E-state index in [1.165, 1.54) is 11.1 Å². The maximum Gasteiger partial charge on any atom is 0.0616 e. The van der Waals surface area contributed by atoms with Gasteiger partial charge < -0.3 is 10.1 Å². The number of hydrogen-bond acceptors (Lipinski definition) is 2. The van der Waals surface area contributed by atoms with Crippen molar-refractivity contribution < 1.29 is 4.74 Å². The predicted molar refractivity (Wildman–Crippen MR) is 68.7 cm³/mol. The highest BCUT2D eigenvalue weighted by Crippen LogP contribution is 2.17. The molecule has 0 aliphatic heterocycles. The van der Waals surface area contributed by atoms with Crippen molar-refractivity contribution in [3.8, 4) is 0 Å². The van der Waals surface area contributed by atoms with Gasteiger partial charge in [-0.3, -0.25) is 0 Å². The van der Waals surface area contributed by atoms with Crippen molar-refractivity contribution in [2.24, 2.45) is 0 Å². The zero-order valence-electron chi connectivity index (χ0n) is 10.8. The van der Waals surface area contributed by atoms with Crippen LogP contribution < -0.4 is 5.32 Å². The Hall–Kier alpha value is -0.860. The predicted octanol–water partition coefficient (Wildman–Crippen LogP) is 3.07. The van der Waals surface area contributed by atoms with Gasteiger partial charge in [0.1, 0.15) is 0 Å². The van der Waals surface area contributed by atoms with E-state index in [4.69, 9.17) is 4.74 Å². The molecule has 2 nitrogen and oxygen atoms in total. The number of ether oxygens (including phenoxy) is 1. The van der Waals surface area contributed by atoms with Crippen molar-refractivity contribution in [3.63, 3.8) is 0 Å². The first-order valence-electron chi connectivity index (χ1n) is 6.04. The van der Waals surface area contributed by atoms with E-state index in [1.54, 1.807) is 0 Å². The zero-order valence-corrected chi connectivity index (χ0v) is 10.8. The Morgan fingerprint density at radius 3 is 2.56 bits per heavy atom. The quantitative estimate of drug-likeness (QED) is 0.797. The van der Waals surface area contributed by atoms with Gasteiger partial charge in [0.15, 0.2) is 0 Å². The maximum absolute atomic E-state index is 5.40. The van der Waals surface area contributed by atoms with Crippen molar-refractivity contribution in [3.05, 3.63) is 35.4 Å². The molecule has 0 heterocycles. The number of aryl methyl sites for hydroxylation is 1. The van der Waals surface area contributed by atoms with Crippen LogP contribution in [-0.2, 0) is 4.74 Å². The summed E-state index contributed by atoms with van der Waals surface area (Å²) in [6.45, 7) is 10.1. The molecule has 0 aliphatic carbocycles. The Kier molecular flexibility index (Phi) is 5.50. The van der Waals surface area contributed by atoms with Crippen LogP contribution in [0.5, 0.6) is 0 Å². The lowest BCUT2D eigenvalue weighted by Gasteiger charge is -2.21. The number of hydrogen-bond donors (Lipinski definition) is 1. The largest absolute Gasteiger partial charge is 0.380 e. The van der Waals surface area contributed by atoms with Crippen molar-refractivity contribution >= 4 is 0 Å². The average molecular weight is 221 g/mol. The summed E-state index contributed by atoms with van der Waals surface area (Å²) in [6.07, 6.45) is 0. The van der Waals surface area contributed by atoms with Gasteiger partial charge in [0.05, 0.1) is 6.61 Å². The Bertz CT molecular complexity index is 311. The summed E-state index contributed by atoms with van der Waals surface area (Å²) >= 11 is 0. The Balaban J connectivity index is 2.52. The van der Waals surface area contributed by atoms with Crippen LogP contribution in [0.15, 0.2) is 24.3 Å². The van der Waals surface area contributed by atoms with Gasteiger partial charge in [-0.2, -0.15) is 0 Å². The highest BCUT2D eigenvalue weighted by molar-refractivity contribution is 5.28. The first-order chi connectivity index (χ1) is 7.65. The van der Waals surface area contributed by atoms with E-state index < -0.39 is 0 Å². The molecule has 2 heteroatoms. The second-order valence-corrected chi connectivity index (χ2v) is 4.31. The second kappa shape index (κ2) is 6.66. The fraction of sp³-hybridized carbons (Fsp3) is 0.571. The molecule has 0 saturated heterocycles. The zero-order chi connectivity index (χ0) is 12.0. The molecule has 16 heavy (non-hydrogen) atoms. The minimum atomic E-state index is 0.372. The van der Waals surface area contributed by atoms with Gasteiger partial charge in [0.2, 0.25) is 0 Å². The third kappa shape index (κ3) is 3.95. The molecule has 0 bridgehead atoms. The summed E-state index contributed by atoms with van der Waals surface area (Å²) in [7, 11) is 0. The molecular formula is C14H23NO. The molecule has 2 atom stereocenters. The van der Waals surface area contributed by atoms with E-state index >= 15 is 0 Å². The molecule has 0 radical (unpaired) electrons. The molecule has 0 fully saturated rings. The van der Waals surface area contributed by atoms with E-state index in [0.717, 1.165) is 13.2 Å². The van der Waals surface area contributed by atoms with Gasteiger partial charge in [-0.15, -0.1) is 0 Å². The SMILES string of the molecule is CCOCC(C)NC(C)c1ccccc1C. The van der Waals surface area contributed by atoms with Gasteiger partial charge in [0, 0.05) is 18.7 Å². The second-order valence-electron chi connectivity index (χ2n) is 4.31. The van der Waals surface area contributed by atoms with E-state index in [9.17, 15) is 0 Å². The van der Waals surface area contributed by atoms with Crippen LogP contribution in [0.4, 0.5) is 0 Å². The number of benzene rings is 1.